The maximum absolute atomic E-state index is 6.03. The van der Waals surface area contributed by atoms with Crippen molar-refractivity contribution < 1.29 is 0 Å². The summed E-state index contributed by atoms with van der Waals surface area (Å²) in [6.07, 6.45) is 1.15. The van der Waals surface area contributed by atoms with Crippen LogP contribution in [0.5, 0.6) is 0 Å². The Balaban J connectivity index is 2.21. The molecular weight excluding hydrogens is 272 g/mol. The summed E-state index contributed by atoms with van der Waals surface area (Å²) in [5.41, 5.74) is 6.03. The van der Waals surface area contributed by atoms with Gasteiger partial charge >= 0.3 is 0 Å². The molecule has 4 heteroatoms. The van der Waals surface area contributed by atoms with Crippen LogP contribution in [0.25, 0.3) is 0 Å². The number of hydrogen-bond donors (Lipinski definition) is 2. The third-order valence-corrected chi connectivity index (χ3v) is 4.37. The zero-order valence-electron chi connectivity index (χ0n) is 9.29. The molecule has 86 valence electrons. The highest BCUT2D eigenvalue weighted by Gasteiger charge is 2.09. The first kappa shape index (κ1) is 13.2. The summed E-state index contributed by atoms with van der Waals surface area (Å²) in [6, 6.07) is 2.41. The predicted octanol–water partition coefficient (Wildman–Crippen LogP) is 2.97. The molecule has 0 aromatic carbocycles. The zero-order valence-corrected chi connectivity index (χ0v) is 11.7. The van der Waals surface area contributed by atoms with E-state index in [2.05, 4.69) is 46.5 Å². The first-order valence-corrected chi connectivity index (χ1v) is 7.00. The second kappa shape index (κ2) is 6.63. The molecule has 0 aliphatic carbocycles. The van der Waals surface area contributed by atoms with Gasteiger partial charge in [-0.15, -0.1) is 11.3 Å². The number of halogens is 1. The predicted molar refractivity (Wildman–Crippen MR) is 71.2 cm³/mol. The first-order valence-electron chi connectivity index (χ1n) is 5.32. The molecule has 0 saturated heterocycles. The van der Waals surface area contributed by atoms with Crippen LogP contribution in [0.2, 0.25) is 0 Å². The average Bonchev–Trinajstić information content (AvgIpc) is 2.63. The highest BCUT2D eigenvalue weighted by atomic mass is 79.9. The highest BCUT2D eigenvalue weighted by Crippen LogP contribution is 2.19. The molecule has 1 rings (SSSR count). The molecule has 0 fully saturated rings. The molecule has 0 spiro atoms. The van der Waals surface area contributed by atoms with Crippen LogP contribution in [0.15, 0.2) is 15.9 Å². The van der Waals surface area contributed by atoms with E-state index in [-0.39, 0.29) is 6.04 Å². The second-order valence-electron chi connectivity index (χ2n) is 3.91. The molecule has 0 bridgehead atoms. The molecule has 0 saturated carbocycles. The van der Waals surface area contributed by atoms with Crippen molar-refractivity contribution in [3.63, 3.8) is 0 Å². The molecule has 2 nitrogen and oxygen atoms in total. The van der Waals surface area contributed by atoms with Gasteiger partial charge in [-0.25, -0.2) is 0 Å². The Morgan fingerprint density at radius 1 is 1.60 bits per heavy atom. The molecular formula is C11H19BrN2S. The minimum Gasteiger partial charge on any atom is -0.326 e. The van der Waals surface area contributed by atoms with Crippen LogP contribution in [0, 0.1) is 5.92 Å². The average molecular weight is 291 g/mol. The Labute approximate surface area is 104 Å². The molecule has 2 atom stereocenters. The molecule has 1 heterocycles. The van der Waals surface area contributed by atoms with Crippen molar-refractivity contribution in [3.05, 3.63) is 20.8 Å². The number of hydrogen-bond acceptors (Lipinski definition) is 3. The third-order valence-electron chi connectivity index (χ3n) is 2.68. The van der Waals surface area contributed by atoms with Gasteiger partial charge in [-0.3, -0.25) is 0 Å². The SMILES string of the molecule is CCC(C)C(N)CNCc1cc(Br)cs1. The summed E-state index contributed by atoms with van der Waals surface area (Å²) in [5, 5.41) is 5.50. The fourth-order valence-corrected chi connectivity index (χ4v) is 2.73. The van der Waals surface area contributed by atoms with Gasteiger partial charge in [-0.2, -0.15) is 0 Å². The van der Waals surface area contributed by atoms with E-state index in [0.29, 0.717) is 5.92 Å². The van der Waals surface area contributed by atoms with Crippen molar-refractivity contribution in [1.29, 1.82) is 0 Å². The lowest BCUT2D eigenvalue weighted by Crippen LogP contribution is -2.38. The Kier molecular flexibility index (Phi) is 5.82. The maximum atomic E-state index is 6.03. The molecule has 0 radical (unpaired) electrons. The van der Waals surface area contributed by atoms with E-state index in [9.17, 15) is 0 Å². The van der Waals surface area contributed by atoms with Crippen molar-refractivity contribution in [3.8, 4) is 0 Å². The monoisotopic (exact) mass is 290 g/mol. The largest absolute Gasteiger partial charge is 0.326 e. The normalized spacial score (nSPS) is 15.2. The maximum Gasteiger partial charge on any atom is 0.0300 e. The third kappa shape index (κ3) is 4.64. The Bertz CT molecular complexity index is 288. The number of thiophene rings is 1. The van der Waals surface area contributed by atoms with Gasteiger partial charge in [0.05, 0.1) is 0 Å². The lowest BCUT2D eigenvalue weighted by atomic mass is 10.0. The standard InChI is InChI=1S/C11H19BrN2S/c1-3-8(2)11(13)6-14-5-10-4-9(12)7-15-10/h4,7-8,11,14H,3,5-6,13H2,1-2H3. The van der Waals surface area contributed by atoms with Crippen molar-refractivity contribution in [1.82, 2.24) is 5.32 Å². The minimum atomic E-state index is 0.262. The molecule has 0 aliphatic rings. The highest BCUT2D eigenvalue weighted by molar-refractivity contribution is 9.10. The van der Waals surface area contributed by atoms with E-state index in [4.69, 9.17) is 5.73 Å². The molecule has 0 aliphatic heterocycles. The van der Waals surface area contributed by atoms with Crippen molar-refractivity contribution in [2.24, 2.45) is 11.7 Å². The van der Waals surface area contributed by atoms with Crippen LogP contribution in [-0.4, -0.2) is 12.6 Å². The van der Waals surface area contributed by atoms with Crippen LogP contribution < -0.4 is 11.1 Å². The first-order chi connectivity index (χ1) is 7.13. The van der Waals surface area contributed by atoms with Crippen LogP contribution in [-0.2, 0) is 6.54 Å². The Morgan fingerprint density at radius 2 is 2.33 bits per heavy atom. The lowest BCUT2D eigenvalue weighted by molar-refractivity contribution is 0.419. The molecule has 1 aromatic heterocycles. The number of nitrogens with two attached hydrogens (primary N) is 1. The summed E-state index contributed by atoms with van der Waals surface area (Å²) in [7, 11) is 0. The van der Waals surface area contributed by atoms with Crippen molar-refractivity contribution in [2.75, 3.05) is 6.54 Å². The summed E-state index contributed by atoms with van der Waals surface area (Å²) in [6.45, 7) is 6.19. The van der Waals surface area contributed by atoms with E-state index in [1.165, 1.54) is 4.88 Å². The number of rotatable bonds is 6. The van der Waals surface area contributed by atoms with Gasteiger partial charge in [0.1, 0.15) is 0 Å². The summed E-state index contributed by atoms with van der Waals surface area (Å²) < 4.78 is 1.16. The Morgan fingerprint density at radius 3 is 2.87 bits per heavy atom. The van der Waals surface area contributed by atoms with E-state index < -0.39 is 0 Å². The summed E-state index contributed by atoms with van der Waals surface area (Å²) in [5.74, 6) is 0.590. The van der Waals surface area contributed by atoms with E-state index in [1.807, 2.05) is 0 Å². The van der Waals surface area contributed by atoms with Crippen LogP contribution >= 0.6 is 27.3 Å². The molecule has 3 N–H and O–H groups in total. The van der Waals surface area contributed by atoms with E-state index in [1.54, 1.807) is 11.3 Å². The quantitative estimate of drug-likeness (QED) is 0.845. The van der Waals surface area contributed by atoms with Gasteiger partial charge in [0.2, 0.25) is 0 Å². The lowest BCUT2D eigenvalue weighted by Gasteiger charge is -2.18. The van der Waals surface area contributed by atoms with Gasteiger partial charge in [-0.1, -0.05) is 20.3 Å². The fourth-order valence-electron chi connectivity index (χ4n) is 1.31. The van der Waals surface area contributed by atoms with E-state index in [0.717, 1.165) is 24.0 Å². The molecule has 0 amide bonds. The summed E-state index contributed by atoms with van der Waals surface area (Å²) >= 11 is 5.21. The van der Waals surface area contributed by atoms with E-state index >= 15 is 0 Å². The fraction of sp³-hybridized carbons (Fsp3) is 0.636. The second-order valence-corrected chi connectivity index (χ2v) is 5.82. The van der Waals surface area contributed by atoms with Crippen molar-refractivity contribution >= 4 is 27.3 Å². The van der Waals surface area contributed by atoms with Gasteiger partial charge in [-0.05, 0) is 27.9 Å². The molecule has 2 unspecified atom stereocenters. The zero-order chi connectivity index (χ0) is 11.3. The molecule has 15 heavy (non-hydrogen) atoms. The van der Waals surface area contributed by atoms with Gasteiger partial charge < -0.3 is 11.1 Å². The van der Waals surface area contributed by atoms with Crippen LogP contribution in [0.3, 0.4) is 0 Å². The van der Waals surface area contributed by atoms with Crippen molar-refractivity contribution in [2.45, 2.75) is 32.9 Å². The topological polar surface area (TPSA) is 38.0 Å². The molecule has 1 aromatic rings. The van der Waals surface area contributed by atoms with Gasteiger partial charge in [0.15, 0.2) is 0 Å². The van der Waals surface area contributed by atoms with Gasteiger partial charge in [0.25, 0.3) is 0 Å². The number of nitrogens with one attached hydrogen (secondary N) is 1. The minimum absolute atomic E-state index is 0.262. The smallest absolute Gasteiger partial charge is 0.0300 e. The van der Waals surface area contributed by atoms with Crippen LogP contribution in [0.1, 0.15) is 25.1 Å². The van der Waals surface area contributed by atoms with Crippen LogP contribution in [0.4, 0.5) is 0 Å². The summed E-state index contributed by atoms with van der Waals surface area (Å²) in [4.78, 5) is 1.35. The van der Waals surface area contributed by atoms with Gasteiger partial charge in [0, 0.05) is 33.9 Å². The Hall–Kier alpha value is 0.1000.